The smallest absolute Gasteiger partial charge is 0.309 e. The molecule has 0 heterocycles. The molecule has 4 fully saturated rings. The fourth-order valence-corrected chi connectivity index (χ4v) is 4.96. The third-order valence-electron chi connectivity index (χ3n) is 6.93. The van der Waals surface area contributed by atoms with E-state index in [2.05, 4.69) is 17.4 Å². The minimum atomic E-state index is -0.648. The molecule has 4 heteroatoms. The molecule has 5 rings (SSSR count). The summed E-state index contributed by atoms with van der Waals surface area (Å²) in [7, 11) is 0. The van der Waals surface area contributed by atoms with Crippen molar-refractivity contribution in [2.75, 3.05) is 0 Å². The van der Waals surface area contributed by atoms with E-state index in [1.807, 2.05) is 18.2 Å². The Kier molecular flexibility index (Phi) is 3.66. The number of carboxylic acid groups (broad SMARTS) is 1. The summed E-state index contributed by atoms with van der Waals surface area (Å²) >= 11 is 0. The second kappa shape index (κ2) is 5.61. The molecule has 0 radical (unpaired) electrons. The van der Waals surface area contributed by atoms with E-state index >= 15 is 0 Å². The molecule has 2 bridgehead atoms. The predicted molar refractivity (Wildman–Crippen MR) is 90.6 cm³/mol. The Labute approximate surface area is 142 Å². The fourth-order valence-electron chi connectivity index (χ4n) is 4.96. The van der Waals surface area contributed by atoms with Crippen LogP contribution in [0.25, 0.3) is 0 Å². The van der Waals surface area contributed by atoms with Crippen LogP contribution in [0.3, 0.4) is 0 Å². The fraction of sp³-hybridized carbons (Fsp3) is 0.600. The van der Waals surface area contributed by atoms with Gasteiger partial charge in [-0.15, -0.1) is 0 Å². The number of carbonyl (C=O) groups is 2. The number of carbonyl (C=O) groups excluding carboxylic acids is 1. The lowest BCUT2D eigenvalue weighted by Crippen LogP contribution is -2.60. The van der Waals surface area contributed by atoms with Crippen molar-refractivity contribution >= 4 is 11.9 Å². The number of fused-ring (bicyclic) bond motifs is 3. The van der Waals surface area contributed by atoms with Gasteiger partial charge in [0.05, 0.1) is 5.41 Å². The molecule has 4 nitrogen and oxygen atoms in total. The Morgan fingerprint density at radius 1 is 0.958 bits per heavy atom. The topological polar surface area (TPSA) is 66.4 Å². The maximum atomic E-state index is 12.8. The van der Waals surface area contributed by atoms with Crippen LogP contribution in [0.15, 0.2) is 30.3 Å². The van der Waals surface area contributed by atoms with Crippen molar-refractivity contribution in [3.63, 3.8) is 0 Å². The predicted octanol–water partition coefficient (Wildman–Crippen LogP) is 3.47. The van der Waals surface area contributed by atoms with E-state index < -0.39 is 11.4 Å². The first-order chi connectivity index (χ1) is 11.5. The minimum Gasteiger partial charge on any atom is -0.481 e. The summed E-state index contributed by atoms with van der Waals surface area (Å²) < 4.78 is 0. The van der Waals surface area contributed by atoms with Crippen LogP contribution >= 0.6 is 0 Å². The Bertz CT molecular complexity index is 630. The molecule has 1 amide bonds. The van der Waals surface area contributed by atoms with Crippen LogP contribution in [0.5, 0.6) is 0 Å². The van der Waals surface area contributed by atoms with Gasteiger partial charge in [0, 0.05) is 11.5 Å². The Morgan fingerprint density at radius 2 is 1.58 bits per heavy atom. The van der Waals surface area contributed by atoms with Gasteiger partial charge in [-0.05, 0) is 62.8 Å². The van der Waals surface area contributed by atoms with Crippen molar-refractivity contribution < 1.29 is 14.7 Å². The number of rotatable bonds is 4. The first kappa shape index (κ1) is 15.7. The molecule has 2 atom stereocenters. The van der Waals surface area contributed by atoms with E-state index in [-0.39, 0.29) is 17.4 Å². The third-order valence-corrected chi connectivity index (χ3v) is 6.93. The number of amides is 1. The van der Waals surface area contributed by atoms with Gasteiger partial charge in [0.2, 0.25) is 5.91 Å². The Morgan fingerprint density at radius 3 is 2.08 bits per heavy atom. The molecule has 1 aromatic rings. The van der Waals surface area contributed by atoms with Gasteiger partial charge in [-0.3, -0.25) is 9.59 Å². The standard InChI is InChI=1S/C20H25NO3/c22-17(16-7-6-15(16)14-4-2-1-3-5-14)21-20-11-8-19(9-12-20,10-13-20)18(23)24/h1-5,15-16H,6-13H2,(H,21,22)(H,23,24). The highest BCUT2D eigenvalue weighted by Crippen LogP contribution is 2.53. The minimum absolute atomic E-state index is 0.0786. The van der Waals surface area contributed by atoms with Gasteiger partial charge in [-0.25, -0.2) is 0 Å². The number of nitrogens with one attached hydrogen (secondary N) is 1. The van der Waals surface area contributed by atoms with E-state index in [0.717, 1.165) is 32.1 Å². The quantitative estimate of drug-likeness (QED) is 0.890. The zero-order valence-electron chi connectivity index (χ0n) is 14.0. The zero-order valence-corrected chi connectivity index (χ0v) is 14.0. The highest BCUT2D eigenvalue weighted by molar-refractivity contribution is 5.82. The van der Waals surface area contributed by atoms with Crippen molar-refractivity contribution in [3.05, 3.63) is 35.9 Å². The molecule has 4 aliphatic rings. The molecule has 0 spiro atoms. The van der Waals surface area contributed by atoms with Gasteiger partial charge in [-0.2, -0.15) is 0 Å². The van der Waals surface area contributed by atoms with Gasteiger partial charge in [0.1, 0.15) is 0 Å². The van der Waals surface area contributed by atoms with Crippen LogP contribution in [0.1, 0.15) is 62.8 Å². The molecular formula is C20H25NO3. The summed E-state index contributed by atoms with van der Waals surface area (Å²) in [5, 5.41) is 12.8. The van der Waals surface area contributed by atoms with E-state index in [0.29, 0.717) is 25.2 Å². The average Bonchev–Trinajstić information content (AvgIpc) is 2.56. The first-order valence-electron chi connectivity index (χ1n) is 9.14. The molecule has 2 N–H and O–H groups in total. The van der Waals surface area contributed by atoms with Crippen LogP contribution in [-0.2, 0) is 9.59 Å². The molecule has 0 saturated heterocycles. The van der Waals surface area contributed by atoms with Crippen LogP contribution in [0, 0.1) is 11.3 Å². The van der Waals surface area contributed by atoms with Crippen molar-refractivity contribution in [1.29, 1.82) is 0 Å². The van der Waals surface area contributed by atoms with Crippen LogP contribution in [-0.4, -0.2) is 22.5 Å². The Hall–Kier alpha value is -1.84. The summed E-state index contributed by atoms with van der Waals surface area (Å²) in [5.41, 5.74) is 0.597. The summed E-state index contributed by atoms with van der Waals surface area (Å²) in [6, 6.07) is 10.3. The molecule has 24 heavy (non-hydrogen) atoms. The number of aliphatic carboxylic acids is 1. The molecule has 0 aromatic heterocycles. The molecule has 1 aromatic carbocycles. The van der Waals surface area contributed by atoms with Gasteiger partial charge in [0.15, 0.2) is 0 Å². The van der Waals surface area contributed by atoms with Crippen molar-refractivity contribution in [2.45, 2.75) is 62.8 Å². The zero-order chi connectivity index (χ0) is 16.8. The highest BCUT2D eigenvalue weighted by atomic mass is 16.4. The Balaban J connectivity index is 1.42. The second-order valence-electron chi connectivity index (χ2n) is 8.06. The number of carboxylic acids is 1. The number of benzene rings is 1. The maximum Gasteiger partial charge on any atom is 0.309 e. The van der Waals surface area contributed by atoms with Crippen LogP contribution in [0.4, 0.5) is 0 Å². The van der Waals surface area contributed by atoms with Gasteiger partial charge >= 0.3 is 5.97 Å². The second-order valence-corrected chi connectivity index (χ2v) is 8.06. The molecule has 4 aliphatic carbocycles. The van der Waals surface area contributed by atoms with Gasteiger partial charge in [-0.1, -0.05) is 30.3 Å². The van der Waals surface area contributed by atoms with Crippen LogP contribution < -0.4 is 5.32 Å². The van der Waals surface area contributed by atoms with Crippen molar-refractivity contribution in [1.82, 2.24) is 5.32 Å². The highest BCUT2D eigenvalue weighted by Gasteiger charge is 2.53. The summed E-state index contributed by atoms with van der Waals surface area (Å²) in [5.74, 6) is -0.0483. The van der Waals surface area contributed by atoms with Crippen molar-refractivity contribution in [3.8, 4) is 0 Å². The van der Waals surface area contributed by atoms with E-state index in [4.69, 9.17) is 0 Å². The third kappa shape index (κ3) is 2.43. The monoisotopic (exact) mass is 327 g/mol. The van der Waals surface area contributed by atoms with Gasteiger partial charge < -0.3 is 10.4 Å². The normalized spacial score (nSPS) is 37.5. The lowest BCUT2D eigenvalue weighted by atomic mass is 9.57. The van der Waals surface area contributed by atoms with Crippen LogP contribution in [0.2, 0.25) is 0 Å². The SMILES string of the molecule is O=C(NC12CCC(C(=O)O)(CC1)CC2)C1CCC1c1ccccc1. The van der Waals surface area contributed by atoms with E-state index in [9.17, 15) is 14.7 Å². The first-order valence-corrected chi connectivity index (χ1v) is 9.14. The average molecular weight is 327 g/mol. The lowest BCUT2D eigenvalue weighted by Gasteiger charge is -2.52. The molecule has 4 saturated carbocycles. The largest absolute Gasteiger partial charge is 0.481 e. The number of hydrogen-bond acceptors (Lipinski definition) is 2. The number of hydrogen-bond donors (Lipinski definition) is 2. The van der Waals surface area contributed by atoms with Gasteiger partial charge in [0.25, 0.3) is 0 Å². The maximum absolute atomic E-state index is 12.8. The molecule has 2 unspecified atom stereocenters. The van der Waals surface area contributed by atoms with E-state index in [1.54, 1.807) is 0 Å². The summed E-state index contributed by atoms with van der Waals surface area (Å²) in [6.07, 6.45) is 6.59. The van der Waals surface area contributed by atoms with Crippen molar-refractivity contribution in [2.24, 2.45) is 11.3 Å². The molecular weight excluding hydrogens is 302 g/mol. The molecule has 128 valence electrons. The lowest BCUT2D eigenvalue weighted by molar-refractivity contribution is -0.157. The van der Waals surface area contributed by atoms with E-state index in [1.165, 1.54) is 5.56 Å². The molecule has 0 aliphatic heterocycles. The summed E-state index contributed by atoms with van der Waals surface area (Å²) in [6.45, 7) is 0. The summed E-state index contributed by atoms with van der Waals surface area (Å²) in [4.78, 5) is 24.4.